The Kier molecular flexibility index (Phi) is 7.03. The minimum Gasteiger partial charge on any atom is -0.496 e. The van der Waals surface area contributed by atoms with E-state index in [2.05, 4.69) is 4.98 Å². The zero-order chi connectivity index (χ0) is 20.8. The van der Waals surface area contributed by atoms with Crippen LogP contribution < -0.4 is 4.74 Å². The quantitative estimate of drug-likeness (QED) is 0.693. The van der Waals surface area contributed by atoms with Gasteiger partial charge in [0.05, 0.1) is 18.2 Å². The molecule has 0 spiro atoms. The molecule has 29 heavy (non-hydrogen) atoms. The molecule has 1 aromatic carbocycles. The Balaban J connectivity index is 1.72. The van der Waals surface area contributed by atoms with Gasteiger partial charge in [0, 0.05) is 32.4 Å². The van der Waals surface area contributed by atoms with Crippen LogP contribution in [0, 0.1) is 0 Å². The molecule has 0 N–H and O–H groups in total. The molecule has 0 saturated carbocycles. The number of alkyl halides is 2. The highest BCUT2D eigenvalue weighted by Gasteiger charge is 2.26. The first-order chi connectivity index (χ1) is 14.0. The van der Waals surface area contributed by atoms with E-state index < -0.39 is 5.76 Å². The Morgan fingerprint density at radius 1 is 1.00 bits per heavy atom. The monoisotopic (exact) mass is 421 g/mol. The van der Waals surface area contributed by atoms with Crippen molar-refractivity contribution in [1.29, 1.82) is 0 Å². The number of thioether (sulfide) groups is 1. The third-order valence-corrected chi connectivity index (χ3v) is 5.34. The van der Waals surface area contributed by atoms with Crippen molar-refractivity contribution in [1.82, 2.24) is 14.8 Å². The summed E-state index contributed by atoms with van der Waals surface area (Å²) >= 11 is 0.259. The van der Waals surface area contributed by atoms with Crippen LogP contribution in [0.5, 0.6) is 5.75 Å². The number of ether oxygens (including phenoxy) is 1. The van der Waals surface area contributed by atoms with E-state index in [-0.39, 0.29) is 34.2 Å². The van der Waals surface area contributed by atoms with Gasteiger partial charge < -0.3 is 14.5 Å². The molecule has 0 radical (unpaired) electrons. The second kappa shape index (κ2) is 9.69. The first-order valence-corrected chi connectivity index (χ1v) is 10.0. The fourth-order valence-corrected chi connectivity index (χ4v) is 3.79. The highest BCUT2D eigenvalue weighted by molar-refractivity contribution is 7.99. The number of halogens is 2. The normalized spacial score (nSPS) is 14.6. The van der Waals surface area contributed by atoms with Crippen LogP contribution in [0.15, 0.2) is 47.6 Å². The van der Waals surface area contributed by atoms with Crippen molar-refractivity contribution in [2.45, 2.75) is 17.2 Å². The Bertz CT molecular complexity index is 882. The topological polar surface area (TPSA) is 62.7 Å². The van der Waals surface area contributed by atoms with Crippen molar-refractivity contribution in [2.24, 2.45) is 0 Å². The lowest BCUT2D eigenvalue weighted by molar-refractivity contribution is 0.0714. The summed E-state index contributed by atoms with van der Waals surface area (Å²) in [6, 6.07) is 10.1. The van der Waals surface area contributed by atoms with Crippen LogP contribution >= 0.6 is 11.8 Å². The van der Waals surface area contributed by atoms with Crippen molar-refractivity contribution in [3.63, 3.8) is 0 Å². The van der Waals surface area contributed by atoms with Crippen molar-refractivity contribution >= 4 is 23.6 Å². The first kappa shape index (κ1) is 21.0. The van der Waals surface area contributed by atoms with Gasteiger partial charge in [-0.2, -0.15) is 8.78 Å². The van der Waals surface area contributed by atoms with Gasteiger partial charge in [0.15, 0.2) is 0 Å². The Hall–Kier alpha value is -2.68. The molecule has 6 nitrogen and oxygen atoms in total. The van der Waals surface area contributed by atoms with Crippen LogP contribution in [0.25, 0.3) is 0 Å². The first-order valence-electron chi connectivity index (χ1n) is 9.12. The van der Waals surface area contributed by atoms with Crippen molar-refractivity contribution in [3.8, 4) is 5.75 Å². The van der Waals surface area contributed by atoms with E-state index in [9.17, 15) is 18.4 Å². The van der Waals surface area contributed by atoms with Gasteiger partial charge in [0.25, 0.3) is 17.6 Å². The average molecular weight is 421 g/mol. The number of carbonyl (C=O) groups excluding carboxylic acids is 2. The summed E-state index contributed by atoms with van der Waals surface area (Å²) in [5.41, 5.74) is 0.625. The second-order valence-electron chi connectivity index (χ2n) is 6.37. The molecule has 0 unspecified atom stereocenters. The number of amides is 2. The van der Waals surface area contributed by atoms with Gasteiger partial charge >= 0.3 is 0 Å². The van der Waals surface area contributed by atoms with E-state index in [0.29, 0.717) is 43.9 Å². The standard InChI is InChI=1S/C20H21F2N3O3S/c1-28-16-8-3-2-6-14(16)18(26)24-10-5-11-25(13-12-24)19(27)15-7-4-9-23-17(15)29-20(21)22/h2-4,6-9,20H,5,10-13H2,1H3. The number of aromatic nitrogens is 1. The molecular formula is C20H21F2N3O3S. The third-order valence-electron chi connectivity index (χ3n) is 4.61. The van der Waals surface area contributed by atoms with Crippen LogP contribution in [0.2, 0.25) is 0 Å². The molecule has 1 fully saturated rings. The molecule has 1 aliphatic heterocycles. The van der Waals surface area contributed by atoms with Gasteiger partial charge in [-0.05, 0) is 42.4 Å². The van der Waals surface area contributed by atoms with E-state index in [0.717, 1.165) is 0 Å². The predicted molar refractivity (Wildman–Crippen MR) is 106 cm³/mol. The van der Waals surface area contributed by atoms with Gasteiger partial charge in [0.2, 0.25) is 0 Å². The van der Waals surface area contributed by atoms with Gasteiger partial charge in [-0.1, -0.05) is 12.1 Å². The average Bonchev–Trinajstić information content (AvgIpc) is 2.99. The minimum absolute atomic E-state index is 0.0127. The van der Waals surface area contributed by atoms with Crippen LogP contribution in [0.3, 0.4) is 0 Å². The molecule has 1 aromatic heterocycles. The maximum Gasteiger partial charge on any atom is 0.290 e. The lowest BCUT2D eigenvalue weighted by Crippen LogP contribution is -2.37. The van der Waals surface area contributed by atoms with Crippen LogP contribution in [-0.2, 0) is 0 Å². The largest absolute Gasteiger partial charge is 0.496 e. The summed E-state index contributed by atoms with van der Waals surface area (Å²) in [6.07, 6.45) is 1.97. The molecule has 3 rings (SSSR count). The Morgan fingerprint density at radius 2 is 1.62 bits per heavy atom. The highest BCUT2D eigenvalue weighted by Crippen LogP contribution is 2.27. The molecular weight excluding hydrogens is 400 g/mol. The SMILES string of the molecule is COc1ccccc1C(=O)N1CCCN(C(=O)c2cccnc2SC(F)F)CC1. The van der Waals surface area contributed by atoms with Crippen LogP contribution in [0.4, 0.5) is 8.78 Å². The van der Waals surface area contributed by atoms with Crippen molar-refractivity contribution in [3.05, 3.63) is 53.7 Å². The van der Waals surface area contributed by atoms with Crippen LogP contribution in [-0.4, -0.2) is 65.6 Å². The molecule has 2 heterocycles. The van der Waals surface area contributed by atoms with Crippen molar-refractivity contribution in [2.75, 3.05) is 33.3 Å². The number of hydrogen-bond acceptors (Lipinski definition) is 5. The molecule has 9 heteroatoms. The van der Waals surface area contributed by atoms with Gasteiger partial charge in [-0.25, -0.2) is 4.98 Å². The second-order valence-corrected chi connectivity index (χ2v) is 7.35. The molecule has 1 saturated heterocycles. The maximum atomic E-state index is 12.9. The van der Waals surface area contributed by atoms with E-state index in [1.165, 1.54) is 19.4 Å². The number of carbonyl (C=O) groups is 2. The summed E-state index contributed by atoms with van der Waals surface area (Å²) < 4.78 is 30.8. The van der Waals surface area contributed by atoms with Gasteiger partial charge in [0.1, 0.15) is 10.8 Å². The number of rotatable bonds is 5. The van der Waals surface area contributed by atoms with E-state index in [1.54, 1.807) is 40.1 Å². The fraction of sp³-hybridized carbons (Fsp3) is 0.350. The number of para-hydroxylation sites is 1. The van der Waals surface area contributed by atoms with Crippen molar-refractivity contribution < 1.29 is 23.1 Å². The number of nitrogens with zero attached hydrogens (tertiary/aromatic N) is 3. The predicted octanol–water partition coefficient (Wildman–Crippen LogP) is 3.39. The summed E-state index contributed by atoms with van der Waals surface area (Å²) in [7, 11) is 1.51. The molecule has 2 aromatic rings. The number of methoxy groups -OCH3 is 1. The fourth-order valence-electron chi connectivity index (χ4n) is 3.22. The maximum absolute atomic E-state index is 12.9. The lowest BCUT2D eigenvalue weighted by Gasteiger charge is -2.23. The van der Waals surface area contributed by atoms with E-state index in [4.69, 9.17) is 4.74 Å². The molecule has 0 atom stereocenters. The molecule has 1 aliphatic rings. The van der Waals surface area contributed by atoms with E-state index in [1.807, 2.05) is 0 Å². The molecule has 154 valence electrons. The van der Waals surface area contributed by atoms with Crippen LogP contribution in [0.1, 0.15) is 27.1 Å². The lowest BCUT2D eigenvalue weighted by atomic mass is 10.1. The number of hydrogen-bond donors (Lipinski definition) is 0. The minimum atomic E-state index is -2.66. The zero-order valence-electron chi connectivity index (χ0n) is 15.9. The summed E-state index contributed by atoms with van der Waals surface area (Å²) in [5.74, 6) is -2.67. The number of pyridine rings is 1. The summed E-state index contributed by atoms with van der Waals surface area (Å²) in [5, 5.41) is 0.0127. The smallest absolute Gasteiger partial charge is 0.290 e. The van der Waals surface area contributed by atoms with Gasteiger partial charge in [-0.3, -0.25) is 9.59 Å². The number of benzene rings is 1. The highest BCUT2D eigenvalue weighted by atomic mass is 32.2. The molecule has 0 aliphatic carbocycles. The van der Waals surface area contributed by atoms with E-state index >= 15 is 0 Å². The zero-order valence-corrected chi connectivity index (χ0v) is 16.7. The molecule has 2 amide bonds. The Labute approximate surface area is 171 Å². The van der Waals surface area contributed by atoms with Gasteiger partial charge in [-0.15, -0.1) is 0 Å². The molecule has 0 bridgehead atoms. The third kappa shape index (κ3) is 5.03. The summed E-state index contributed by atoms with van der Waals surface area (Å²) in [6.45, 7) is 1.59. The summed E-state index contributed by atoms with van der Waals surface area (Å²) in [4.78, 5) is 33.0. The Morgan fingerprint density at radius 3 is 2.28 bits per heavy atom.